The van der Waals surface area contributed by atoms with Gasteiger partial charge < -0.3 is 14.7 Å². The van der Waals surface area contributed by atoms with Crippen LogP contribution in [0.3, 0.4) is 0 Å². The van der Waals surface area contributed by atoms with E-state index in [1.165, 1.54) is 9.21 Å². The molecule has 3 fully saturated rings. The number of nitrogens with zero attached hydrogens (tertiary/aromatic N) is 2. The van der Waals surface area contributed by atoms with E-state index in [4.69, 9.17) is 4.74 Å². The van der Waals surface area contributed by atoms with Gasteiger partial charge >= 0.3 is 5.97 Å². The van der Waals surface area contributed by atoms with E-state index in [-0.39, 0.29) is 6.54 Å². The van der Waals surface area contributed by atoms with Crippen LogP contribution in [0.25, 0.3) is 0 Å². The molecule has 2 heterocycles. The summed E-state index contributed by atoms with van der Waals surface area (Å²) in [6.45, 7) is 1.97. The fourth-order valence-corrected chi connectivity index (χ4v) is 5.24. The Kier molecular flexibility index (Phi) is 4.37. The number of likely N-dealkylation sites (tertiary alicyclic amines) is 1. The smallest absolute Gasteiger partial charge is 0.319 e. The van der Waals surface area contributed by atoms with Crippen LogP contribution in [0.2, 0.25) is 0 Å². The summed E-state index contributed by atoms with van der Waals surface area (Å²) in [4.78, 5) is 25.2. The normalized spacial score (nSPS) is 28.3. The van der Waals surface area contributed by atoms with Crippen molar-refractivity contribution in [3.8, 4) is 0 Å². The van der Waals surface area contributed by atoms with E-state index in [0.717, 1.165) is 0 Å². The number of amides is 1. The third-order valence-electron chi connectivity index (χ3n) is 4.99. The van der Waals surface area contributed by atoms with Gasteiger partial charge in [0.2, 0.25) is 15.9 Å². The van der Waals surface area contributed by atoms with Gasteiger partial charge in [0.15, 0.2) is 0 Å². The first-order valence-corrected chi connectivity index (χ1v) is 9.48. The predicted molar refractivity (Wildman–Crippen MR) is 80.2 cm³/mol. The SMILES string of the molecule is O=C(O)C1(C(=O)N2CCCC(S(=O)(=O)N3CCOCC3)C2)CC1. The summed E-state index contributed by atoms with van der Waals surface area (Å²) in [6, 6.07) is 0. The van der Waals surface area contributed by atoms with Crippen LogP contribution in [0.5, 0.6) is 0 Å². The van der Waals surface area contributed by atoms with Crippen LogP contribution in [-0.4, -0.2) is 79.2 Å². The summed E-state index contributed by atoms with van der Waals surface area (Å²) in [5.74, 6) is -1.52. The molecule has 3 rings (SSSR count). The van der Waals surface area contributed by atoms with Crippen LogP contribution in [0, 0.1) is 5.41 Å². The van der Waals surface area contributed by atoms with Gasteiger partial charge in [-0.2, -0.15) is 4.31 Å². The molecule has 1 amide bonds. The monoisotopic (exact) mass is 346 g/mol. The highest BCUT2D eigenvalue weighted by molar-refractivity contribution is 7.89. The lowest BCUT2D eigenvalue weighted by Gasteiger charge is -2.37. The molecule has 1 saturated carbocycles. The van der Waals surface area contributed by atoms with Gasteiger partial charge in [0.25, 0.3) is 0 Å². The molecule has 2 aliphatic heterocycles. The van der Waals surface area contributed by atoms with Crippen molar-refractivity contribution in [3.63, 3.8) is 0 Å². The summed E-state index contributed by atoms with van der Waals surface area (Å²) >= 11 is 0. The van der Waals surface area contributed by atoms with Gasteiger partial charge in [0.1, 0.15) is 5.41 Å². The van der Waals surface area contributed by atoms with Crippen molar-refractivity contribution in [3.05, 3.63) is 0 Å². The molecule has 2 saturated heterocycles. The highest BCUT2D eigenvalue weighted by Crippen LogP contribution is 2.48. The molecule has 0 aromatic carbocycles. The van der Waals surface area contributed by atoms with Crippen LogP contribution in [0.4, 0.5) is 0 Å². The second kappa shape index (κ2) is 6.03. The molecule has 130 valence electrons. The molecule has 1 unspecified atom stereocenters. The molecule has 23 heavy (non-hydrogen) atoms. The molecule has 0 bridgehead atoms. The summed E-state index contributed by atoms with van der Waals surface area (Å²) in [7, 11) is -3.48. The number of carboxylic acid groups (broad SMARTS) is 1. The van der Waals surface area contributed by atoms with Gasteiger partial charge in [-0.05, 0) is 25.7 Å². The minimum absolute atomic E-state index is 0.0908. The highest BCUT2D eigenvalue weighted by Gasteiger charge is 2.59. The molecule has 1 atom stereocenters. The molecular formula is C14H22N2O6S. The zero-order valence-electron chi connectivity index (χ0n) is 12.9. The molecule has 1 N–H and O–H groups in total. The van der Waals surface area contributed by atoms with Gasteiger partial charge in [-0.25, -0.2) is 8.42 Å². The quantitative estimate of drug-likeness (QED) is 0.689. The number of rotatable bonds is 4. The maximum atomic E-state index is 12.7. The lowest BCUT2D eigenvalue weighted by atomic mass is 10.0. The van der Waals surface area contributed by atoms with Gasteiger partial charge in [-0.15, -0.1) is 0 Å². The number of piperidine rings is 1. The Labute approximate surface area is 135 Å². The van der Waals surface area contributed by atoms with Crippen molar-refractivity contribution in [2.45, 2.75) is 30.9 Å². The second-order valence-electron chi connectivity index (χ2n) is 6.46. The third-order valence-corrected chi connectivity index (χ3v) is 7.30. The average Bonchev–Trinajstić information content (AvgIpc) is 3.37. The minimum atomic E-state index is -3.48. The molecule has 1 aliphatic carbocycles. The number of ether oxygens (including phenoxy) is 1. The summed E-state index contributed by atoms with van der Waals surface area (Å²) in [5.41, 5.74) is -1.30. The zero-order valence-corrected chi connectivity index (χ0v) is 13.8. The minimum Gasteiger partial charge on any atom is -0.480 e. The van der Waals surface area contributed by atoms with Crippen molar-refractivity contribution < 1.29 is 27.9 Å². The molecule has 9 heteroatoms. The molecule has 8 nitrogen and oxygen atoms in total. The van der Waals surface area contributed by atoms with Crippen LogP contribution in [0.1, 0.15) is 25.7 Å². The van der Waals surface area contributed by atoms with E-state index in [2.05, 4.69) is 0 Å². The fraction of sp³-hybridized carbons (Fsp3) is 0.857. The molecule has 0 spiro atoms. The fourth-order valence-electron chi connectivity index (χ4n) is 3.32. The van der Waals surface area contributed by atoms with Gasteiger partial charge in [0, 0.05) is 26.2 Å². The molecule has 0 aromatic heterocycles. The molecule has 0 radical (unpaired) electrons. The van der Waals surface area contributed by atoms with Crippen molar-refractivity contribution in [2.24, 2.45) is 5.41 Å². The number of morpholine rings is 1. The maximum Gasteiger partial charge on any atom is 0.319 e. The Morgan fingerprint density at radius 1 is 1.13 bits per heavy atom. The van der Waals surface area contributed by atoms with Crippen molar-refractivity contribution in [1.29, 1.82) is 0 Å². The van der Waals surface area contributed by atoms with E-state index in [1.54, 1.807) is 0 Å². The molecular weight excluding hydrogens is 324 g/mol. The van der Waals surface area contributed by atoms with E-state index in [0.29, 0.717) is 58.5 Å². The summed E-state index contributed by atoms with van der Waals surface area (Å²) in [5, 5.41) is 8.60. The van der Waals surface area contributed by atoms with E-state index in [9.17, 15) is 23.1 Å². The van der Waals surface area contributed by atoms with E-state index >= 15 is 0 Å². The van der Waals surface area contributed by atoms with Crippen molar-refractivity contribution in [1.82, 2.24) is 9.21 Å². The standard InChI is InChI=1S/C14H22N2O6S/c17-12(14(3-4-14)13(18)19)15-5-1-2-11(10-15)23(20,21)16-6-8-22-9-7-16/h11H,1-10H2,(H,18,19). The average molecular weight is 346 g/mol. The second-order valence-corrected chi connectivity index (χ2v) is 8.67. The van der Waals surface area contributed by atoms with E-state index < -0.39 is 32.6 Å². The lowest BCUT2D eigenvalue weighted by molar-refractivity contribution is -0.153. The maximum absolute atomic E-state index is 12.7. The van der Waals surface area contributed by atoms with Crippen LogP contribution >= 0.6 is 0 Å². The highest BCUT2D eigenvalue weighted by atomic mass is 32.2. The van der Waals surface area contributed by atoms with Crippen molar-refractivity contribution in [2.75, 3.05) is 39.4 Å². The topological polar surface area (TPSA) is 104 Å². The summed E-state index contributed by atoms with van der Waals surface area (Å²) < 4.78 is 32.1. The first-order chi connectivity index (χ1) is 10.9. The van der Waals surface area contributed by atoms with Crippen LogP contribution < -0.4 is 0 Å². The van der Waals surface area contributed by atoms with Crippen LogP contribution in [-0.2, 0) is 24.3 Å². The Bertz CT molecular complexity index is 594. The number of aliphatic carboxylic acids is 1. The number of carboxylic acids is 1. The third kappa shape index (κ3) is 2.97. The Morgan fingerprint density at radius 2 is 1.78 bits per heavy atom. The Morgan fingerprint density at radius 3 is 2.35 bits per heavy atom. The first kappa shape index (κ1) is 16.7. The van der Waals surface area contributed by atoms with Gasteiger partial charge in [0.05, 0.1) is 18.5 Å². The number of hydrogen-bond donors (Lipinski definition) is 1. The Hall–Kier alpha value is -1.19. The molecule has 3 aliphatic rings. The predicted octanol–water partition coefficient (Wildman–Crippen LogP) is -0.496. The molecule has 0 aromatic rings. The largest absolute Gasteiger partial charge is 0.480 e. The first-order valence-electron chi connectivity index (χ1n) is 7.97. The number of carbonyl (C=O) groups excluding carboxylic acids is 1. The van der Waals surface area contributed by atoms with Gasteiger partial charge in [-0.1, -0.05) is 0 Å². The summed E-state index contributed by atoms with van der Waals surface area (Å²) in [6.07, 6.45) is 1.77. The van der Waals surface area contributed by atoms with Gasteiger partial charge in [-0.3, -0.25) is 9.59 Å². The number of sulfonamides is 1. The Balaban J connectivity index is 1.71. The number of carbonyl (C=O) groups is 2. The van der Waals surface area contributed by atoms with Crippen molar-refractivity contribution >= 4 is 21.9 Å². The lowest BCUT2D eigenvalue weighted by Crippen LogP contribution is -2.53. The zero-order chi connectivity index (χ0) is 16.7. The van der Waals surface area contributed by atoms with Crippen LogP contribution in [0.15, 0.2) is 0 Å². The number of hydrogen-bond acceptors (Lipinski definition) is 5. The van der Waals surface area contributed by atoms with E-state index in [1.807, 2.05) is 0 Å².